The molecule has 1 aliphatic carbocycles. The molecule has 116 valence electrons. The Bertz CT molecular complexity index is 420. The van der Waals surface area contributed by atoms with Crippen molar-refractivity contribution in [1.29, 1.82) is 0 Å². The van der Waals surface area contributed by atoms with Crippen molar-refractivity contribution in [1.82, 2.24) is 0 Å². The molecule has 0 aliphatic heterocycles. The molecule has 3 nitrogen and oxygen atoms in total. The number of hydrogen-bond acceptors (Lipinski definition) is 3. The summed E-state index contributed by atoms with van der Waals surface area (Å²) < 4.78 is 10.9. The lowest BCUT2D eigenvalue weighted by Crippen LogP contribution is -2.28. The summed E-state index contributed by atoms with van der Waals surface area (Å²) in [5, 5.41) is 0. The summed E-state index contributed by atoms with van der Waals surface area (Å²) in [6.07, 6.45) is 7.92. The molecule has 0 saturated heterocycles. The molecule has 0 heterocycles. The quantitative estimate of drug-likeness (QED) is 0.561. The predicted molar refractivity (Wildman–Crippen MR) is 86.9 cm³/mol. The van der Waals surface area contributed by atoms with Crippen LogP contribution < -0.4 is 0 Å². The van der Waals surface area contributed by atoms with Gasteiger partial charge in [-0.1, -0.05) is 49.6 Å². The second-order valence-electron chi connectivity index (χ2n) is 5.70. The van der Waals surface area contributed by atoms with Crippen LogP contribution in [-0.2, 0) is 15.9 Å². The molecule has 1 aliphatic rings. The molecule has 1 aromatic rings. The molecule has 0 aromatic heterocycles. The average molecular weight is 289 g/mol. The molecule has 0 radical (unpaired) electrons. The molecule has 0 unspecified atom stereocenters. The Hall–Kier alpha value is -1.19. The Kier molecular flexibility index (Phi) is 6.90. The van der Waals surface area contributed by atoms with Gasteiger partial charge in [-0.3, -0.25) is 4.99 Å². The number of aliphatic imine (C=N–C) groups is 1. The van der Waals surface area contributed by atoms with Crippen LogP contribution in [-0.4, -0.2) is 32.3 Å². The summed E-state index contributed by atoms with van der Waals surface area (Å²) in [4.78, 5) is 4.96. The fourth-order valence-corrected chi connectivity index (χ4v) is 2.97. The van der Waals surface area contributed by atoms with Gasteiger partial charge in [-0.15, -0.1) is 0 Å². The third-order valence-electron chi connectivity index (χ3n) is 4.14. The van der Waals surface area contributed by atoms with Crippen LogP contribution in [0.5, 0.6) is 0 Å². The summed E-state index contributed by atoms with van der Waals surface area (Å²) in [5.74, 6) is 0. The Balaban J connectivity index is 2.02. The monoisotopic (exact) mass is 289 g/mol. The Morgan fingerprint density at radius 2 is 1.76 bits per heavy atom. The van der Waals surface area contributed by atoms with Crippen molar-refractivity contribution in [3.8, 4) is 0 Å². The number of hydrogen-bond donors (Lipinski definition) is 0. The lowest BCUT2D eigenvalue weighted by atomic mass is 9.95. The van der Waals surface area contributed by atoms with Gasteiger partial charge in [-0.05, 0) is 31.2 Å². The van der Waals surface area contributed by atoms with Crippen molar-refractivity contribution in [2.75, 3.05) is 14.2 Å². The molecule has 3 heteroatoms. The van der Waals surface area contributed by atoms with Crippen molar-refractivity contribution in [2.45, 2.75) is 57.3 Å². The largest absolute Gasteiger partial charge is 0.351 e. The van der Waals surface area contributed by atoms with E-state index in [2.05, 4.69) is 24.3 Å². The lowest BCUT2D eigenvalue weighted by molar-refractivity contribution is -0.0535. The topological polar surface area (TPSA) is 30.8 Å². The molecule has 0 N–H and O–H groups in total. The standard InChI is InChI=1S/C18H27NO2/c1-20-18(21-2)17(19-16-11-7-4-8-12-16)14-13-15-9-5-3-6-10-15/h3,5-6,9-10,16,18H,4,7-8,11-14H2,1-2H3. The summed E-state index contributed by atoms with van der Waals surface area (Å²) in [6.45, 7) is 0. The molecular formula is C18H27NO2. The van der Waals surface area contributed by atoms with Gasteiger partial charge in [-0.25, -0.2) is 0 Å². The van der Waals surface area contributed by atoms with Gasteiger partial charge >= 0.3 is 0 Å². The van der Waals surface area contributed by atoms with Crippen LogP contribution in [0.25, 0.3) is 0 Å². The second kappa shape index (κ2) is 8.96. The lowest BCUT2D eigenvalue weighted by Gasteiger charge is -2.22. The highest BCUT2D eigenvalue weighted by atomic mass is 16.7. The Morgan fingerprint density at radius 3 is 2.38 bits per heavy atom. The van der Waals surface area contributed by atoms with Gasteiger partial charge in [0.05, 0.1) is 11.8 Å². The van der Waals surface area contributed by atoms with Gasteiger partial charge in [-0.2, -0.15) is 0 Å². The van der Waals surface area contributed by atoms with E-state index in [1.807, 2.05) is 6.07 Å². The predicted octanol–water partition coefficient (Wildman–Crippen LogP) is 4.01. The second-order valence-corrected chi connectivity index (χ2v) is 5.70. The minimum Gasteiger partial charge on any atom is -0.351 e. The van der Waals surface area contributed by atoms with E-state index in [0.717, 1.165) is 18.6 Å². The van der Waals surface area contributed by atoms with Gasteiger partial charge in [0, 0.05) is 14.2 Å². The molecule has 21 heavy (non-hydrogen) atoms. The molecule has 1 saturated carbocycles. The van der Waals surface area contributed by atoms with Gasteiger partial charge in [0.2, 0.25) is 0 Å². The maximum atomic E-state index is 5.44. The third-order valence-corrected chi connectivity index (χ3v) is 4.14. The first-order valence-corrected chi connectivity index (χ1v) is 7.99. The van der Waals surface area contributed by atoms with E-state index in [4.69, 9.17) is 14.5 Å². The SMILES string of the molecule is COC(OC)C(CCc1ccccc1)=NC1CCCCC1. The molecule has 0 atom stereocenters. The van der Waals surface area contributed by atoms with E-state index in [9.17, 15) is 0 Å². The van der Waals surface area contributed by atoms with Crippen LogP contribution in [0.3, 0.4) is 0 Å². The van der Waals surface area contributed by atoms with Crippen LogP contribution in [0.15, 0.2) is 35.3 Å². The molecule has 0 bridgehead atoms. The van der Waals surface area contributed by atoms with Crippen molar-refractivity contribution >= 4 is 5.71 Å². The summed E-state index contributed by atoms with van der Waals surface area (Å²) in [5.41, 5.74) is 2.38. The van der Waals surface area contributed by atoms with Crippen LogP contribution in [0.1, 0.15) is 44.1 Å². The van der Waals surface area contributed by atoms with Crippen LogP contribution in [0, 0.1) is 0 Å². The highest BCUT2D eigenvalue weighted by Crippen LogP contribution is 2.21. The number of ether oxygens (including phenoxy) is 2. The molecule has 1 aromatic carbocycles. The summed E-state index contributed by atoms with van der Waals surface area (Å²) in [7, 11) is 3.38. The summed E-state index contributed by atoms with van der Waals surface area (Å²) >= 11 is 0. The van der Waals surface area contributed by atoms with E-state index in [-0.39, 0.29) is 6.29 Å². The zero-order valence-electron chi connectivity index (χ0n) is 13.3. The minimum atomic E-state index is -0.310. The normalized spacial score (nSPS) is 17.4. The fourth-order valence-electron chi connectivity index (χ4n) is 2.97. The Morgan fingerprint density at radius 1 is 1.10 bits per heavy atom. The maximum absolute atomic E-state index is 5.44. The van der Waals surface area contributed by atoms with E-state index >= 15 is 0 Å². The van der Waals surface area contributed by atoms with E-state index in [1.54, 1.807) is 14.2 Å². The highest BCUT2D eigenvalue weighted by Gasteiger charge is 2.18. The average Bonchev–Trinajstić information content (AvgIpc) is 2.55. The van der Waals surface area contributed by atoms with E-state index in [1.165, 1.54) is 37.7 Å². The van der Waals surface area contributed by atoms with E-state index < -0.39 is 0 Å². The van der Waals surface area contributed by atoms with Crippen molar-refractivity contribution in [3.05, 3.63) is 35.9 Å². The number of aryl methyl sites for hydroxylation is 1. The van der Waals surface area contributed by atoms with E-state index in [0.29, 0.717) is 6.04 Å². The Labute approximate surface area is 128 Å². The van der Waals surface area contributed by atoms with Crippen LogP contribution in [0.2, 0.25) is 0 Å². The zero-order chi connectivity index (χ0) is 14.9. The first-order chi connectivity index (χ1) is 10.3. The summed E-state index contributed by atoms with van der Waals surface area (Å²) in [6, 6.07) is 11.0. The zero-order valence-corrected chi connectivity index (χ0v) is 13.3. The first-order valence-electron chi connectivity index (χ1n) is 7.99. The molecule has 0 spiro atoms. The van der Waals surface area contributed by atoms with Crippen molar-refractivity contribution in [3.63, 3.8) is 0 Å². The van der Waals surface area contributed by atoms with Gasteiger partial charge in [0.1, 0.15) is 0 Å². The molecule has 0 amide bonds. The molecular weight excluding hydrogens is 262 g/mol. The smallest absolute Gasteiger partial charge is 0.196 e. The third kappa shape index (κ3) is 5.25. The molecule has 2 rings (SSSR count). The van der Waals surface area contributed by atoms with Gasteiger partial charge in [0.15, 0.2) is 6.29 Å². The van der Waals surface area contributed by atoms with Crippen molar-refractivity contribution in [2.24, 2.45) is 4.99 Å². The molecule has 1 fully saturated rings. The van der Waals surface area contributed by atoms with Crippen LogP contribution >= 0.6 is 0 Å². The number of rotatable bonds is 7. The van der Waals surface area contributed by atoms with Gasteiger partial charge < -0.3 is 9.47 Å². The number of methoxy groups -OCH3 is 2. The first kappa shape index (κ1) is 16.2. The van der Waals surface area contributed by atoms with Gasteiger partial charge in [0.25, 0.3) is 0 Å². The minimum absolute atomic E-state index is 0.310. The van der Waals surface area contributed by atoms with Crippen LogP contribution in [0.4, 0.5) is 0 Å². The number of benzene rings is 1. The fraction of sp³-hybridized carbons (Fsp3) is 0.611. The van der Waals surface area contributed by atoms with Crippen molar-refractivity contribution < 1.29 is 9.47 Å². The number of nitrogens with zero attached hydrogens (tertiary/aromatic N) is 1. The maximum Gasteiger partial charge on any atom is 0.196 e. The highest BCUT2D eigenvalue weighted by molar-refractivity contribution is 5.88.